The number of carbonyl (C=O) groups is 2. The number of carbonyl (C=O) groups excluding carboxylic acids is 2. The zero-order valence-corrected chi connectivity index (χ0v) is 21.5. The Kier molecular flexibility index (Phi) is 9.73. The van der Waals surface area contributed by atoms with Crippen LogP contribution in [0.5, 0.6) is 5.75 Å². The molecule has 0 spiro atoms. The minimum absolute atomic E-state index is 0.0446. The van der Waals surface area contributed by atoms with E-state index in [1.54, 1.807) is 12.1 Å². The maximum Gasteiger partial charge on any atom is 0.408 e. The van der Waals surface area contributed by atoms with E-state index in [4.69, 9.17) is 9.47 Å². The summed E-state index contributed by atoms with van der Waals surface area (Å²) >= 11 is 0. The Morgan fingerprint density at radius 3 is 2.49 bits per heavy atom. The van der Waals surface area contributed by atoms with Gasteiger partial charge in [0.25, 0.3) is 0 Å². The van der Waals surface area contributed by atoms with Gasteiger partial charge in [0.05, 0.1) is 6.61 Å². The highest BCUT2D eigenvalue weighted by Gasteiger charge is 2.35. The molecule has 2 heterocycles. The highest BCUT2D eigenvalue weighted by atomic mass is 19.1. The summed E-state index contributed by atoms with van der Waals surface area (Å²) in [6.45, 7) is 6.80. The van der Waals surface area contributed by atoms with Gasteiger partial charge in [-0.05, 0) is 56.5 Å². The molecule has 0 radical (unpaired) electrons. The van der Waals surface area contributed by atoms with E-state index in [2.05, 4.69) is 15.5 Å². The molecule has 0 bridgehead atoms. The normalized spacial score (nSPS) is 17.7. The number of piperazine rings is 1. The van der Waals surface area contributed by atoms with E-state index in [9.17, 15) is 14.0 Å². The zero-order valence-electron chi connectivity index (χ0n) is 21.5. The molecule has 200 valence electrons. The van der Waals surface area contributed by atoms with Crippen molar-refractivity contribution in [2.24, 2.45) is 5.92 Å². The van der Waals surface area contributed by atoms with Gasteiger partial charge >= 0.3 is 6.09 Å². The Balaban J connectivity index is 1.35. The van der Waals surface area contributed by atoms with Crippen LogP contribution in [-0.4, -0.2) is 73.7 Å². The van der Waals surface area contributed by atoms with Crippen molar-refractivity contribution in [3.8, 4) is 5.75 Å². The average Bonchev–Trinajstić information content (AvgIpc) is 2.94. The number of ether oxygens (including phenoxy) is 2. The van der Waals surface area contributed by atoms with Crippen LogP contribution in [0.4, 0.5) is 9.18 Å². The summed E-state index contributed by atoms with van der Waals surface area (Å²) in [6.07, 6.45) is 1.04. The highest BCUT2D eigenvalue weighted by molar-refractivity contribution is 5.86. The Bertz CT molecular complexity index is 1020. The van der Waals surface area contributed by atoms with E-state index in [1.807, 2.05) is 42.2 Å². The molecule has 2 N–H and O–H groups in total. The topological polar surface area (TPSA) is 83.1 Å². The second-order valence-electron chi connectivity index (χ2n) is 9.52. The second-order valence-corrected chi connectivity index (χ2v) is 9.52. The van der Waals surface area contributed by atoms with Crippen molar-refractivity contribution >= 4 is 12.0 Å². The maximum absolute atomic E-state index is 14.5. The highest BCUT2D eigenvalue weighted by Crippen LogP contribution is 2.25. The molecule has 2 amide bonds. The van der Waals surface area contributed by atoms with Gasteiger partial charge in [-0.25, -0.2) is 9.18 Å². The van der Waals surface area contributed by atoms with E-state index in [1.165, 1.54) is 6.07 Å². The molecule has 37 heavy (non-hydrogen) atoms. The third-order valence-corrected chi connectivity index (χ3v) is 7.05. The summed E-state index contributed by atoms with van der Waals surface area (Å²) in [4.78, 5) is 30.2. The first-order valence-electron chi connectivity index (χ1n) is 13.1. The molecule has 8 nitrogen and oxygen atoms in total. The molecule has 2 aliphatic heterocycles. The van der Waals surface area contributed by atoms with Crippen LogP contribution < -0.4 is 15.4 Å². The first-order valence-corrected chi connectivity index (χ1v) is 13.1. The summed E-state index contributed by atoms with van der Waals surface area (Å²) in [6, 6.07) is 13.7. The monoisotopic (exact) mass is 512 g/mol. The lowest BCUT2D eigenvalue weighted by molar-refractivity contribution is -0.136. The summed E-state index contributed by atoms with van der Waals surface area (Å²) in [5.41, 5.74) is 1.43. The number of nitrogens with one attached hydrogen (secondary N) is 2. The zero-order chi connectivity index (χ0) is 26.0. The number of hydrogen-bond donors (Lipinski definition) is 2. The first-order chi connectivity index (χ1) is 18.0. The number of alkyl carbamates (subject to hydrolysis) is 1. The molecule has 2 fully saturated rings. The molecule has 2 aliphatic rings. The molecule has 2 aromatic rings. The SMILES string of the molecule is CCOc1cccc(F)c1CN1CCN(C(=O)[C@H](NC(=O)OCc2ccccc2)C2CCNCC2)CC1. The van der Waals surface area contributed by atoms with Crippen molar-refractivity contribution in [1.82, 2.24) is 20.4 Å². The summed E-state index contributed by atoms with van der Waals surface area (Å²) in [5.74, 6) is 0.242. The number of amides is 2. The largest absolute Gasteiger partial charge is 0.493 e. The third-order valence-electron chi connectivity index (χ3n) is 7.05. The molecule has 0 saturated carbocycles. The van der Waals surface area contributed by atoms with E-state index in [0.29, 0.717) is 50.6 Å². The van der Waals surface area contributed by atoms with Crippen LogP contribution in [0.15, 0.2) is 48.5 Å². The minimum atomic E-state index is -0.631. The lowest BCUT2D eigenvalue weighted by Crippen LogP contribution is -2.58. The average molecular weight is 513 g/mol. The van der Waals surface area contributed by atoms with E-state index >= 15 is 0 Å². The van der Waals surface area contributed by atoms with Crippen molar-refractivity contribution < 1.29 is 23.5 Å². The molecular weight excluding hydrogens is 475 g/mol. The fraction of sp³-hybridized carbons (Fsp3) is 0.500. The molecule has 2 saturated heterocycles. The summed E-state index contributed by atoms with van der Waals surface area (Å²) in [7, 11) is 0. The smallest absolute Gasteiger partial charge is 0.408 e. The van der Waals surface area contributed by atoms with Crippen LogP contribution >= 0.6 is 0 Å². The summed E-state index contributed by atoms with van der Waals surface area (Å²) < 4.78 is 25.5. The fourth-order valence-corrected chi connectivity index (χ4v) is 4.98. The standard InChI is InChI=1S/C28H37FN4O4/c1-2-36-25-10-6-9-24(29)23(25)19-32-15-17-33(18-16-32)27(34)26(22-11-13-30-14-12-22)31-28(35)37-20-21-7-4-3-5-8-21/h3-10,22,26,30H,2,11-20H2,1H3,(H,31,35)/t26-/m1/s1. The van der Waals surface area contributed by atoms with Gasteiger partial charge in [-0.1, -0.05) is 36.4 Å². The molecule has 9 heteroatoms. The van der Waals surface area contributed by atoms with Gasteiger partial charge in [-0.3, -0.25) is 9.69 Å². The van der Waals surface area contributed by atoms with Crippen molar-refractivity contribution in [2.75, 3.05) is 45.9 Å². The number of halogens is 1. The number of benzene rings is 2. The van der Waals surface area contributed by atoms with Crippen LogP contribution in [0.2, 0.25) is 0 Å². The molecule has 0 aliphatic carbocycles. The molecule has 4 rings (SSSR count). The van der Waals surface area contributed by atoms with Gasteiger partial charge in [-0.2, -0.15) is 0 Å². The van der Waals surface area contributed by atoms with Crippen molar-refractivity contribution in [3.05, 3.63) is 65.5 Å². The predicted octanol–water partition coefficient (Wildman–Crippen LogP) is 3.16. The number of rotatable bonds is 9. The third kappa shape index (κ3) is 7.42. The van der Waals surface area contributed by atoms with Crippen molar-refractivity contribution in [2.45, 2.75) is 39.0 Å². The summed E-state index contributed by atoms with van der Waals surface area (Å²) in [5, 5.41) is 6.19. The van der Waals surface area contributed by atoms with Crippen LogP contribution in [-0.2, 0) is 22.7 Å². The van der Waals surface area contributed by atoms with Gasteiger partial charge in [0.15, 0.2) is 0 Å². The number of piperidine rings is 1. The molecule has 1 atom stereocenters. The first kappa shape index (κ1) is 26.9. The van der Waals surface area contributed by atoms with Crippen LogP contribution in [0.1, 0.15) is 30.9 Å². The van der Waals surface area contributed by atoms with E-state index in [0.717, 1.165) is 31.5 Å². The molecule has 2 aromatic carbocycles. The quantitative estimate of drug-likeness (QED) is 0.537. The Morgan fingerprint density at radius 1 is 1.05 bits per heavy atom. The fourth-order valence-electron chi connectivity index (χ4n) is 4.98. The lowest BCUT2D eigenvalue weighted by atomic mass is 9.89. The van der Waals surface area contributed by atoms with Crippen LogP contribution in [0.3, 0.4) is 0 Å². The van der Waals surface area contributed by atoms with Crippen LogP contribution in [0, 0.1) is 11.7 Å². The Morgan fingerprint density at radius 2 is 1.78 bits per heavy atom. The predicted molar refractivity (Wildman–Crippen MR) is 139 cm³/mol. The minimum Gasteiger partial charge on any atom is -0.493 e. The van der Waals surface area contributed by atoms with Gasteiger partial charge in [0.1, 0.15) is 24.2 Å². The van der Waals surface area contributed by atoms with E-state index < -0.39 is 12.1 Å². The number of nitrogens with zero attached hydrogens (tertiary/aromatic N) is 2. The van der Waals surface area contributed by atoms with Gasteiger partial charge in [0, 0.05) is 38.3 Å². The second kappa shape index (κ2) is 13.4. The molecule has 0 aromatic heterocycles. The van der Waals surface area contributed by atoms with Crippen LogP contribution in [0.25, 0.3) is 0 Å². The molecular formula is C28H37FN4O4. The lowest BCUT2D eigenvalue weighted by Gasteiger charge is -2.39. The molecule has 0 unspecified atom stereocenters. The Labute approximate surface area is 218 Å². The maximum atomic E-state index is 14.5. The number of hydrogen-bond acceptors (Lipinski definition) is 6. The van der Waals surface area contributed by atoms with Gasteiger partial charge in [-0.15, -0.1) is 0 Å². The van der Waals surface area contributed by atoms with Gasteiger partial charge in [0.2, 0.25) is 5.91 Å². The van der Waals surface area contributed by atoms with Gasteiger partial charge < -0.3 is 25.0 Å². The van der Waals surface area contributed by atoms with Crippen molar-refractivity contribution in [3.63, 3.8) is 0 Å². The van der Waals surface area contributed by atoms with E-state index in [-0.39, 0.29) is 24.2 Å². The Hall–Kier alpha value is -3.17. The van der Waals surface area contributed by atoms with Crippen molar-refractivity contribution in [1.29, 1.82) is 0 Å².